The molecule has 0 unspecified atom stereocenters. The first kappa shape index (κ1) is 18.5. The number of rotatable bonds is 4. The second kappa shape index (κ2) is 7.16. The highest BCUT2D eigenvalue weighted by atomic mass is 32.2. The van der Waals surface area contributed by atoms with Gasteiger partial charge in [0.05, 0.1) is 22.6 Å². The third-order valence-electron chi connectivity index (χ3n) is 4.88. The fourth-order valence-electron chi connectivity index (χ4n) is 3.40. The van der Waals surface area contributed by atoms with Gasteiger partial charge in [-0.2, -0.15) is 0 Å². The molecule has 3 heterocycles. The molecule has 26 heavy (non-hydrogen) atoms. The van der Waals surface area contributed by atoms with Crippen molar-refractivity contribution in [2.45, 2.75) is 19.0 Å². The SMILES string of the molecule is O=C(Cn1cc([N+](=O)[O-])ccc1=O)N1CCN([C@@H]2CCS(=O)(=O)C2)CC1. The van der Waals surface area contributed by atoms with Crippen molar-refractivity contribution in [3.8, 4) is 0 Å². The molecule has 3 rings (SSSR count). The van der Waals surface area contributed by atoms with E-state index in [1.54, 1.807) is 4.90 Å². The number of hydrogen-bond acceptors (Lipinski definition) is 7. The van der Waals surface area contributed by atoms with Gasteiger partial charge in [-0.25, -0.2) is 8.42 Å². The summed E-state index contributed by atoms with van der Waals surface area (Å²) in [5, 5.41) is 10.8. The fraction of sp³-hybridized carbons (Fsp3) is 0.600. The molecule has 2 aliphatic heterocycles. The van der Waals surface area contributed by atoms with Gasteiger partial charge in [0, 0.05) is 44.4 Å². The zero-order chi connectivity index (χ0) is 18.9. The Balaban J connectivity index is 1.58. The number of sulfone groups is 1. The number of amides is 1. The van der Waals surface area contributed by atoms with E-state index >= 15 is 0 Å². The van der Waals surface area contributed by atoms with Gasteiger partial charge in [0.25, 0.3) is 11.2 Å². The van der Waals surface area contributed by atoms with E-state index in [1.165, 1.54) is 0 Å². The summed E-state index contributed by atoms with van der Waals surface area (Å²) in [5.41, 5.74) is -0.719. The molecule has 0 bridgehead atoms. The van der Waals surface area contributed by atoms with Crippen molar-refractivity contribution >= 4 is 21.4 Å². The van der Waals surface area contributed by atoms with Crippen LogP contribution in [0.15, 0.2) is 23.1 Å². The number of piperazine rings is 1. The Bertz CT molecular complexity index is 872. The molecule has 0 aliphatic carbocycles. The minimum atomic E-state index is -2.95. The van der Waals surface area contributed by atoms with E-state index in [-0.39, 0.29) is 35.7 Å². The molecule has 1 atom stereocenters. The van der Waals surface area contributed by atoms with Gasteiger partial charge >= 0.3 is 0 Å². The topological polar surface area (TPSA) is 123 Å². The largest absolute Gasteiger partial charge is 0.339 e. The molecule has 2 aliphatic rings. The summed E-state index contributed by atoms with van der Waals surface area (Å²) < 4.78 is 24.2. The second-order valence-corrected chi connectivity index (χ2v) is 8.81. The summed E-state index contributed by atoms with van der Waals surface area (Å²) in [7, 11) is -2.95. The summed E-state index contributed by atoms with van der Waals surface area (Å²) in [4.78, 5) is 38.1. The first-order valence-electron chi connectivity index (χ1n) is 8.32. The van der Waals surface area contributed by atoms with Gasteiger partial charge in [0.1, 0.15) is 6.54 Å². The molecule has 10 nitrogen and oxygen atoms in total. The summed E-state index contributed by atoms with van der Waals surface area (Å²) in [5.74, 6) is 0.0996. The minimum absolute atomic E-state index is 0.0108. The van der Waals surface area contributed by atoms with Crippen LogP contribution in [0.1, 0.15) is 6.42 Å². The van der Waals surface area contributed by atoms with E-state index < -0.39 is 20.3 Å². The lowest BCUT2D eigenvalue weighted by Crippen LogP contribution is -2.53. The highest BCUT2D eigenvalue weighted by Gasteiger charge is 2.34. The van der Waals surface area contributed by atoms with Crippen molar-refractivity contribution in [1.82, 2.24) is 14.4 Å². The fourth-order valence-corrected chi connectivity index (χ4v) is 5.16. The van der Waals surface area contributed by atoms with E-state index in [0.29, 0.717) is 32.6 Å². The van der Waals surface area contributed by atoms with Crippen LogP contribution in [0, 0.1) is 10.1 Å². The maximum Gasteiger partial charge on any atom is 0.285 e. The van der Waals surface area contributed by atoms with Crippen LogP contribution in [-0.4, -0.2) is 77.3 Å². The van der Waals surface area contributed by atoms with Crippen LogP contribution in [0.2, 0.25) is 0 Å². The molecule has 0 N–H and O–H groups in total. The Morgan fingerprint density at radius 1 is 1.23 bits per heavy atom. The van der Waals surface area contributed by atoms with Crippen molar-refractivity contribution < 1.29 is 18.1 Å². The number of nitro groups is 1. The Hall–Kier alpha value is -2.27. The van der Waals surface area contributed by atoms with E-state index in [0.717, 1.165) is 22.9 Å². The van der Waals surface area contributed by atoms with Crippen LogP contribution >= 0.6 is 0 Å². The molecule has 0 radical (unpaired) electrons. The lowest BCUT2D eigenvalue weighted by atomic mass is 10.2. The average Bonchev–Trinajstić information content (AvgIpc) is 2.96. The maximum absolute atomic E-state index is 12.4. The zero-order valence-corrected chi connectivity index (χ0v) is 14.9. The zero-order valence-electron chi connectivity index (χ0n) is 14.1. The Labute approximate surface area is 150 Å². The first-order chi connectivity index (χ1) is 12.2. The molecule has 1 aromatic heterocycles. The van der Waals surface area contributed by atoms with Gasteiger partial charge in [-0.15, -0.1) is 0 Å². The molecule has 1 amide bonds. The van der Waals surface area contributed by atoms with Crippen molar-refractivity contribution in [2.75, 3.05) is 37.7 Å². The second-order valence-electron chi connectivity index (χ2n) is 6.58. The predicted octanol–water partition coefficient (Wildman–Crippen LogP) is -0.912. The summed E-state index contributed by atoms with van der Waals surface area (Å²) in [6.45, 7) is 1.79. The van der Waals surface area contributed by atoms with Crippen LogP contribution in [-0.2, 0) is 21.2 Å². The molecule has 2 fully saturated rings. The Morgan fingerprint density at radius 2 is 1.92 bits per heavy atom. The van der Waals surface area contributed by atoms with Crippen LogP contribution in [0.3, 0.4) is 0 Å². The van der Waals surface area contributed by atoms with Crippen LogP contribution in [0.4, 0.5) is 5.69 Å². The highest BCUT2D eigenvalue weighted by molar-refractivity contribution is 7.91. The molecular formula is C15H20N4O6S. The molecular weight excluding hydrogens is 364 g/mol. The van der Waals surface area contributed by atoms with Gasteiger partial charge in [-0.3, -0.25) is 29.2 Å². The van der Waals surface area contributed by atoms with E-state index in [9.17, 15) is 28.1 Å². The van der Waals surface area contributed by atoms with Gasteiger partial charge in [0.15, 0.2) is 9.84 Å². The van der Waals surface area contributed by atoms with Crippen LogP contribution < -0.4 is 5.56 Å². The quantitative estimate of drug-likeness (QED) is 0.486. The van der Waals surface area contributed by atoms with Crippen molar-refractivity contribution in [2.24, 2.45) is 0 Å². The first-order valence-corrected chi connectivity index (χ1v) is 10.1. The van der Waals surface area contributed by atoms with Crippen LogP contribution in [0.25, 0.3) is 0 Å². The number of nitrogens with zero attached hydrogens (tertiary/aromatic N) is 4. The third-order valence-corrected chi connectivity index (χ3v) is 6.63. The van der Waals surface area contributed by atoms with Crippen molar-refractivity contribution in [3.05, 3.63) is 38.8 Å². The van der Waals surface area contributed by atoms with E-state index in [4.69, 9.17) is 0 Å². The van der Waals surface area contributed by atoms with Crippen LogP contribution in [0.5, 0.6) is 0 Å². The lowest BCUT2D eigenvalue weighted by molar-refractivity contribution is -0.385. The number of carbonyl (C=O) groups is 1. The summed E-state index contributed by atoms with van der Waals surface area (Å²) >= 11 is 0. The number of hydrogen-bond donors (Lipinski definition) is 0. The molecule has 11 heteroatoms. The predicted molar refractivity (Wildman–Crippen MR) is 92.6 cm³/mol. The summed E-state index contributed by atoms with van der Waals surface area (Å²) in [6.07, 6.45) is 1.69. The molecule has 0 saturated carbocycles. The molecule has 0 aromatic carbocycles. The smallest absolute Gasteiger partial charge is 0.285 e. The number of carbonyl (C=O) groups excluding carboxylic acids is 1. The maximum atomic E-state index is 12.4. The Morgan fingerprint density at radius 3 is 2.50 bits per heavy atom. The van der Waals surface area contributed by atoms with Gasteiger partial charge < -0.3 is 4.90 Å². The molecule has 0 spiro atoms. The van der Waals surface area contributed by atoms with Crippen molar-refractivity contribution in [1.29, 1.82) is 0 Å². The monoisotopic (exact) mass is 384 g/mol. The highest BCUT2D eigenvalue weighted by Crippen LogP contribution is 2.19. The lowest BCUT2D eigenvalue weighted by Gasteiger charge is -2.37. The number of aromatic nitrogens is 1. The molecule has 1 aromatic rings. The normalized spacial score (nSPS) is 23.1. The third kappa shape index (κ3) is 4.10. The minimum Gasteiger partial charge on any atom is -0.339 e. The summed E-state index contributed by atoms with van der Waals surface area (Å²) in [6, 6.07) is 2.19. The van der Waals surface area contributed by atoms with E-state index in [1.807, 2.05) is 0 Å². The van der Waals surface area contributed by atoms with Gasteiger partial charge in [-0.1, -0.05) is 0 Å². The average molecular weight is 384 g/mol. The Kier molecular flexibility index (Phi) is 5.10. The van der Waals surface area contributed by atoms with Gasteiger partial charge in [0.2, 0.25) is 5.91 Å². The van der Waals surface area contributed by atoms with Gasteiger partial charge in [-0.05, 0) is 6.42 Å². The van der Waals surface area contributed by atoms with Crippen molar-refractivity contribution in [3.63, 3.8) is 0 Å². The molecule has 142 valence electrons. The number of pyridine rings is 1. The standard InChI is InChI=1S/C15H20N4O6S/c20-14-2-1-12(19(22)23)9-18(14)10-15(21)17-6-4-16(5-7-17)13-3-8-26(24,25)11-13/h1-2,9,13H,3-8,10-11H2/t13-/m1/s1. The molecule has 2 saturated heterocycles. The van der Waals surface area contributed by atoms with E-state index in [2.05, 4.69) is 4.90 Å².